The first-order valence-corrected chi connectivity index (χ1v) is 12.5. The first-order valence-electron chi connectivity index (χ1n) is 10.3. The number of piperidine rings is 1. The zero-order valence-electron chi connectivity index (χ0n) is 16.9. The number of fused-ring (bicyclic) bond motifs is 2. The third-order valence-electron chi connectivity index (χ3n) is 6.15. The van der Waals surface area contributed by atoms with Crippen LogP contribution in [0.4, 0.5) is 0 Å². The molecular formula is C23H27ClN2O2S. The summed E-state index contributed by atoms with van der Waals surface area (Å²) in [5.74, 6) is 0.488. The van der Waals surface area contributed by atoms with Gasteiger partial charge >= 0.3 is 0 Å². The summed E-state index contributed by atoms with van der Waals surface area (Å²) in [6.07, 6.45) is 9.17. The van der Waals surface area contributed by atoms with Crippen LogP contribution in [0.2, 0.25) is 5.02 Å². The van der Waals surface area contributed by atoms with Crippen molar-refractivity contribution in [2.45, 2.75) is 38.5 Å². The van der Waals surface area contributed by atoms with Crippen LogP contribution in [0.3, 0.4) is 0 Å². The van der Waals surface area contributed by atoms with E-state index in [4.69, 9.17) is 16.6 Å². The standard InChI is InChI=1S/C23H27ClN2O2S/c1-3-5-17-14-18-15-19(24)7-8-20(18)22(23-21(17)6-4-11-25-23)16-9-12-26(13-10-16)29(2,27)28/h4,6-8,11,14-16,22H,3,5,9-10,12-13H2,1-2H3. The molecule has 6 heteroatoms. The molecule has 4 rings (SSSR count). The van der Waals surface area contributed by atoms with E-state index in [1.165, 1.54) is 23.0 Å². The van der Waals surface area contributed by atoms with Crippen LogP contribution in [-0.4, -0.2) is 37.1 Å². The van der Waals surface area contributed by atoms with Gasteiger partial charge in [-0.2, -0.15) is 0 Å². The van der Waals surface area contributed by atoms with Gasteiger partial charge in [-0.15, -0.1) is 0 Å². The molecule has 0 spiro atoms. The van der Waals surface area contributed by atoms with Crippen molar-refractivity contribution in [2.75, 3.05) is 19.3 Å². The summed E-state index contributed by atoms with van der Waals surface area (Å²) in [5.41, 5.74) is 6.05. The molecule has 0 amide bonds. The van der Waals surface area contributed by atoms with E-state index < -0.39 is 10.0 Å². The smallest absolute Gasteiger partial charge is 0.211 e. The van der Waals surface area contributed by atoms with Gasteiger partial charge < -0.3 is 0 Å². The van der Waals surface area contributed by atoms with Crippen LogP contribution < -0.4 is 0 Å². The predicted octanol–water partition coefficient (Wildman–Crippen LogP) is 5.19. The molecule has 1 aromatic heterocycles. The van der Waals surface area contributed by atoms with Crippen LogP contribution in [0, 0.1) is 5.92 Å². The van der Waals surface area contributed by atoms with Gasteiger partial charge in [0, 0.05) is 30.2 Å². The number of hydrogen-bond donors (Lipinski definition) is 0. The van der Waals surface area contributed by atoms with Crippen molar-refractivity contribution in [1.29, 1.82) is 0 Å². The highest BCUT2D eigenvalue weighted by molar-refractivity contribution is 7.88. The molecule has 1 atom stereocenters. The third kappa shape index (κ3) is 4.14. The Kier molecular flexibility index (Phi) is 5.83. The number of allylic oxidation sites excluding steroid dienone is 1. The number of benzene rings is 1. The number of rotatable bonds is 4. The van der Waals surface area contributed by atoms with Crippen molar-refractivity contribution in [3.8, 4) is 0 Å². The van der Waals surface area contributed by atoms with Gasteiger partial charge in [-0.3, -0.25) is 4.98 Å². The van der Waals surface area contributed by atoms with Crippen molar-refractivity contribution in [3.05, 3.63) is 63.9 Å². The van der Waals surface area contributed by atoms with Gasteiger partial charge in [-0.05, 0) is 65.6 Å². The molecule has 4 nitrogen and oxygen atoms in total. The third-order valence-corrected chi connectivity index (χ3v) is 7.69. The van der Waals surface area contributed by atoms with Crippen LogP contribution in [0.15, 0.2) is 36.5 Å². The van der Waals surface area contributed by atoms with Gasteiger partial charge in [-0.1, -0.05) is 43.2 Å². The molecule has 0 saturated carbocycles. The lowest BCUT2D eigenvalue weighted by molar-refractivity contribution is 0.256. The van der Waals surface area contributed by atoms with Gasteiger partial charge in [0.1, 0.15) is 0 Å². The van der Waals surface area contributed by atoms with E-state index in [1.54, 1.807) is 4.31 Å². The Balaban J connectivity index is 1.80. The number of nitrogens with zero attached hydrogens (tertiary/aromatic N) is 2. The van der Waals surface area contributed by atoms with E-state index >= 15 is 0 Å². The van der Waals surface area contributed by atoms with Gasteiger partial charge in [0.15, 0.2) is 0 Å². The van der Waals surface area contributed by atoms with Gasteiger partial charge in [0.25, 0.3) is 0 Å². The zero-order chi connectivity index (χ0) is 20.6. The highest BCUT2D eigenvalue weighted by Gasteiger charge is 2.35. The van der Waals surface area contributed by atoms with Crippen LogP contribution in [0.25, 0.3) is 11.6 Å². The fourth-order valence-corrected chi connectivity index (χ4v) is 5.85. The Bertz CT molecular complexity index is 1040. The summed E-state index contributed by atoms with van der Waals surface area (Å²) in [6.45, 7) is 3.33. The van der Waals surface area contributed by atoms with Crippen molar-refractivity contribution in [2.24, 2.45) is 5.92 Å². The Morgan fingerprint density at radius 2 is 1.97 bits per heavy atom. The maximum atomic E-state index is 12.0. The Hall–Kier alpha value is -1.69. The number of aromatic nitrogens is 1. The summed E-state index contributed by atoms with van der Waals surface area (Å²) < 4.78 is 25.5. The molecule has 1 unspecified atom stereocenters. The van der Waals surface area contributed by atoms with E-state index in [0.29, 0.717) is 19.0 Å². The minimum atomic E-state index is -3.14. The average Bonchev–Trinajstić information content (AvgIpc) is 2.82. The topological polar surface area (TPSA) is 50.3 Å². The minimum Gasteiger partial charge on any atom is -0.260 e. The molecule has 1 saturated heterocycles. The highest BCUT2D eigenvalue weighted by atomic mass is 35.5. The second-order valence-corrected chi connectivity index (χ2v) is 10.5. The molecule has 0 N–H and O–H groups in total. The summed E-state index contributed by atoms with van der Waals surface area (Å²) in [4.78, 5) is 4.85. The van der Waals surface area contributed by atoms with Crippen LogP contribution in [0.1, 0.15) is 60.9 Å². The monoisotopic (exact) mass is 430 g/mol. The summed E-state index contributed by atoms with van der Waals surface area (Å²) in [7, 11) is -3.14. The first kappa shape index (κ1) is 20.6. The van der Waals surface area contributed by atoms with E-state index in [0.717, 1.165) is 42.0 Å². The lowest BCUT2D eigenvalue weighted by atomic mass is 9.76. The second-order valence-electron chi connectivity index (χ2n) is 8.11. The zero-order valence-corrected chi connectivity index (χ0v) is 18.5. The molecule has 2 aromatic rings. The summed E-state index contributed by atoms with van der Waals surface area (Å²) >= 11 is 6.35. The fraction of sp³-hybridized carbons (Fsp3) is 0.435. The van der Waals surface area contributed by atoms with Crippen LogP contribution in [-0.2, 0) is 10.0 Å². The highest BCUT2D eigenvalue weighted by Crippen LogP contribution is 2.45. The number of hydrogen-bond acceptors (Lipinski definition) is 3. The Morgan fingerprint density at radius 3 is 2.66 bits per heavy atom. The molecule has 1 aromatic carbocycles. The van der Waals surface area contributed by atoms with Gasteiger partial charge in [0.2, 0.25) is 10.0 Å². The molecule has 1 fully saturated rings. The lowest BCUT2D eigenvalue weighted by Crippen LogP contribution is -2.39. The van der Waals surface area contributed by atoms with E-state index in [9.17, 15) is 8.42 Å². The number of pyridine rings is 1. The van der Waals surface area contributed by atoms with E-state index in [1.807, 2.05) is 18.3 Å². The van der Waals surface area contributed by atoms with Crippen molar-refractivity contribution in [1.82, 2.24) is 9.29 Å². The van der Waals surface area contributed by atoms with Crippen molar-refractivity contribution >= 4 is 33.3 Å². The summed E-state index contributed by atoms with van der Waals surface area (Å²) in [5, 5.41) is 0.736. The van der Waals surface area contributed by atoms with E-state index in [2.05, 4.69) is 31.2 Å². The van der Waals surface area contributed by atoms with Crippen molar-refractivity contribution < 1.29 is 8.42 Å². The molecule has 154 valence electrons. The maximum absolute atomic E-state index is 12.0. The van der Waals surface area contributed by atoms with Crippen LogP contribution in [0.5, 0.6) is 0 Å². The summed E-state index contributed by atoms with van der Waals surface area (Å²) in [6, 6.07) is 10.3. The largest absolute Gasteiger partial charge is 0.260 e. The SMILES string of the molecule is CCCC1=Cc2cc(Cl)ccc2C(C2CCN(S(C)(=O)=O)CC2)c2ncccc21. The maximum Gasteiger partial charge on any atom is 0.211 e. The van der Waals surface area contributed by atoms with Crippen LogP contribution >= 0.6 is 11.6 Å². The molecule has 1 aliphatic heterocycles. The number of halogens is 1. The Morgan fingerprint density at radius 1 is 1.21 bits per heavy atom. The fourth-order valence-electron chi connectivity index (χ4n) is 4.80. The van der Waals surface area contributed by atoms with Crippen molar-refractivity contribution in [3.63, 3.8) is 0 Å². The van der Waals surface area contributed by atoms with Gasteiger partial charge in [0.05, 0.1) is 11.9 Å². The molecule has 1 aliphatic carbocycles. The quantitative estimate of drug-likeness (QED) is 0.670. The first-order chi connectivity index (χ1) is 13.9. The Labute approximate surface area is 178 Å². The second kappa shape index (κ2) is 8.21. The minimum absolute atomic E-state index is 0.144. The van der Waals surface area contributed by atoms with E-state index in [-0.39, 0.29) is 5.92 Å². The lowest BCUT2D eigenvalue weighted by Gasteiger charge is -2.35. The predicted molar refractivity (Wildman–Crippen MR) is 119 cm³/mol. The molecule has 29 heavy (non-hydrogen) atoms. The molecule has 0 bridgehead atoms. The molecule has 2 heterocycles. The normalized spacial score (nSPS) is 20.5. The molecule has 2 aliphatic rings. The molecule has 0 radical (unpaired) electrons. The average molecular weight is 431 g/mol. The molecular weight excluding hydrogens is 404 g/mol. The number of sulfonamides is 1. The van der Waals surface area contributed by atoms with Gasteiger partial charge in [-0.25, -0.2) is 12.7 Å².